The van der Waals surface area contributed by atoms with Crippen molar-refractivity contribution in [2.45, 2.75) is 25.3 Å². The Morgan fingerprint density at radius 2 is 1.83 bits per heavy atom. The van der Waals surface area contributed by atoms with Gasteiger partial charge in [0.25, 0.3) is 5.91 Å². The molecule has 1 amide bonds. The highest BCUT2D eigenvalue weighted by atomic mass is 19.4. The SMILES string of the molecule is O=C(c1cc(C(F)(F)F)[nH]n1)N1CCc2[nH]c3c(F)ccc(C(F)(F)F)c3c2C1. The van der Waals surface area contributed by atoms with Gasteiger partial charge in [-0.1, -0.05) is 0 Å². The molecular weight excluding hydrogens is 409 g/mol. The maximum atomic E-state index is 14.1. The summed E-state index contributed by atoms with van der Waals surface area (Å²) in [7, 11) is 0. The van der Waals surface area contributed by atoms with E-state index in [1.54, 1.807) is 5.10 Å². The molecule has 3 aromatic rings. The number of benzene rings is 1. The Balaban J connectivity index is 1.73. The minimum atomic E-state index is -4.75. The number of nitrogens with one attached hydrogen (secondary N) is 2. The summed E-state index contributed by atoms with van der Waals surface area (Å²) >= 11 is 0. The largest absolute Gasteiger partial charge is 0.432 e. The van der Waals surface area contributed by atoms with Gasteiger partial charge in [0.1, 0.15) is 11.5 Å². The molecule has 1 aliphatic rings. The first-order valence-electron chi connectivity index (χ1n) is 8.28. The van der Waals surface area contributed by atoms with Gasteiger partial charge in [-0.15, -0.1) is 0 Å². The van der Waals surface area contributed by atoms with Crippen LogP contribution >= 0.6 is 0 Å². The number of nitrogens with zero attached hydrogens (tertiary/aromatic N) is 2. The molecule has 0 spiro atoms. The third kappa shape index (κ3) is 3.21. The number of halogens is 7. The fourth-order valence-electron chi connectivity index (χ4n) is 3.44. The van der Waals surface area contributed by atoms with Crippen molar-refractivity contribution in [2.75, 3.05) is 6.54 Å². The van der Waals surface area contributed by atoms with Gasteiger partial charge in [0, 0.05) is 42.2 Å². The number of H-pyrrole nitrogens is 2. The lowest BCUT2D eigenvalue weighted by atomic mass is 10.00. The summed E-state index contributed by atoms with van der Waals surface area (Å²) in [5.41, 5.74) is -2.68. The van der Waals surface area contributed by atoms with E-state index in [0.717, 1.165) is 4.90 Å². The quantitative estimate of drug-likeness (QED) is 0.578. The fraction of sp³-hybridized carbons (Fsp3) is 0.294. The summed E-state index contributed by atoms with van der Waals surface area (Å²) in [4.78, 5) is 16.2. The second kappa shape index (κ2) is 6.22. The van der Waals surface area contributed by atoms with Gasteiger partial charge in [-0.2, -0.15) is 31.4 Å². The predicted molar refractivity (Wildman–Crippen MR) is 85.3 cm³/mol. The van der Waals surface area contributed by atoms with Crippen LogP contribution in [0.15, 0.2) is 18.2 Å². The average molecular weight is 420 g/mol. The van der Waals surface area contributed by atoms with Crippen molar-refractivity contribution in [3.8, 4) is 0 Å². The number of aromatic amines is 2. The maximum absolute atomic E-state index is 14.1. The molecule has 0 fully saturated rings. The van der Waals surface area contributed by atoms with Crippen molar-refractivity contribution < 1.29 is 35.5 Å². The Labute approximate surface area is 157 Å². The first-order valence-corrected chi connectivity index (χ1v) is 8.28. The molecule has 2 aromatic heterocycles. The maximum Gasteiger partial charge on any atom is 0.432 e. The van der Waals surface area contributed by atoms with Crippen LogP contribution in [0.5, 0.6) is 0 Å². The van der Waals surface area contributed by atoms with Crippen molar-refractivity contribution >= 4 is 16.8 Å². The summed E-state index contributed by atoms with van der Waals surface area (Å²) in [5.74, 6) is -1.75. The number of rotatable bonds is 1. The number of hydrogen-bond acceptors (Lipinski definition) is 2. The molecule has 12 heteroatoms. The van der Waals surface area contributed by atoms with Crippen LogP contribution in [0, 0.1) is 5.82 Å². The van der Waals surface area contributed by atoms with Gasteiger partial charge in [0.05, 0.1) is 11.1 Å². The van der Waals surface area contributed by atoms with Gasteiger partial charge < -0.3 is 9.88 Å². The molecule has 1 aliphatic heterocycles. The van der Waals surface area contributed by atoms with E-state index in [2.05, 4.69) is 10.1 Å². The van der Waals surface area contributed by atoms with Gasteiger partial charge in [-0.05, 0) is 12.1 Å². The summed E-state index contributed by atoms with van der Waals surface area (Å²) in [6.07, 6.45) is -9.39. The Bertz CT molecular complexity index is 1110. The van der Waals surface area contributed by atoms with Crippen LogP contribution in [0.4, 0.5) is 30.7 Å². The highest BCUT2D eigenvalue weighted by molar-refractivity contribution is 5.94. The first kappa shape index (κ1) is 19.3. The predicted octanol–water partition coefficient (Wildman–Crippen LogP) is 4.27. The molecule has 4 rings (SSSR count). The number of carbonyl (C=O) groups excluding carboxylic acids is 1. The number of hydrogen-bond donors (Lipinski definition) is 2. The Kier molecular flexibility index (Phi) is 4.14. The molecule has 154 valence electrons. The average Bonchev–Trinajstić information content (AvgIpc) is 3.25. The topological polar surface area (TPSA) is 64.8 Å². The molecule has 0 aliphatic carbocycles. The number of fused-ring (bicyclic) bond motifs is 3. The molecule has 0 saturated heterocycles. The van der Waals surface area contributed by atoms with Crippen molar-refractivity contribution in [1.82, 2.24) is 20.1 Å². The zero-order chi connectivity index (χ0) is 21.1. The third-order valence-electron chi connectivity index (χ3n) is 4.77. The van der Waals surface area contributed by atoms with Crippen LogP contribution in [0.25, 0.3) is 10.9 Å². The smallest absolute Gasteiger partial charge is 0.356 e. The molecule has 0 bridgehead atoms. The molecule has 2 N–H and O–H groups in total. The van der Waals surface area contributed by atoms with Crippen LogP contribution in [0.2, 0.25) is 0 Å². The molecule has 0 atom stereocenters. The van der Waals surface area contributed by atoms with Crippen LogP contribution in [-0.2, 0) is 25.3 Å². The lowest BCUT2D eigenvalue weighted by molar-refractivity contribution is -0.141. The van der Waals surface area contributed by atoms with Crippen molar-refractivity contribution in [3.05, 3.63) is 52.2 Å². The minimum Gasteiger partial charge on any atom is -0.356 e. The second-order valence-corrected chi connectivity index (χ2v) is 6.57. The summed E-state index contributed by atoms with van der Waals surface area (Å²) in [5, 5.41) is 4.68. The second-order valence-electron chi connectivity index (χ2n) is 6.57. The first-order chi connectivity index (χ1) is 13.5. The molecule has 5 nitrogen and oxygen atoms in total. The van der Waals surface area contributed by atoms with E-state index in [1.165, 1.54) is 0 Å². The lowest BCUT2D eigenvalue weighted by Gasteiger charge is -2.27. The summed E-state index contributed by atoms with van der Waals surface area (Å²) < 4.78 is 92.3. The Hall–Kier alpha value is -3.05. The monoisotopic (exact) mass is 420 g/mol. The van der Waals surface area contributed by atoms with E-state index in [9.17, 15) is 35.5 Å². The van der Waals surface area contributed by atoms with Gasteiger partial charge >= 0.3 is 12.4 Å². The summed E-state index contributed by atoms with van der Waals surface area (Å²) in [6, 6.07) is 1.86. The molecule has 0 radical (unpaired) electrons. The van der Waals surface area contributed by atoms with Crippen molar-refractivity contribution in [3.63, 3.8) is 0 Å². The fourth-order valence-corrected chi connectivity index (χ4v) is 3.44. The minimum absolute atomic E-state index is 0.0236. The molecule has 29 heavy (non-hydrogen) atoms. The van der Waals surface area contributed by atoms with E-state index in [0.29, 0.717) is 23.9 Å². The number of aromatic nitrogens is 3. The molecular formula is C17H11F7N4O. The number of alkyl halides is 6. The van der Waals surface area contributed by atoms with E-state index in [1.807, 2.05) is 0 Å². The Morgan fingerprint density at radius 1 is 1.10 bits per heavy atom. The van der Waals surface area contributed by atoms with Crippen molar-refractivity contribution in [1.29, 1.82) is 0 Å². The number of amides is 1. The normalized spacial score (nSPS) is 15.1. The summed E-state index contributed by atoms with van der Waals surface area (Å²) in [6.45, 7) is -0.301. The van der Waals surface area contributed by atoms with E-state index >= 15 is 0 Å². The highest BCUT2D eigenvalue weighted by Gasteiger charge is 2.38. The zero-order valence-electron chi connectivity index (χ0n) is 14.3. The molecule has 1 aromatic carbocycles. The van der Waals surface area contributed by atoms with Gasteiger partial charge in [0.15, 0.2) is 5.69 Å². The zero-order valence-corrected chi connectivity index (χ0v) is 14.3. The standard InChI is InChI=1S/C17H11F7N4O/c18-9-2-1-8(16(19,20)21)13-7-6-28(4-3-10(7)25-14(9)13)15(29)11-5-12(27-26-11)17(22,23)24/h1-2,5,25H,3-4,6H2,(H,26,27). The third-order valence-corrected chi connectivity index (χ3v) is 4.77. The van der Waals surface area contributed by atoms with E-state index in [-0.39, 0.29) is 36.0 Å². The van der Waals surface area contributed by atoms with Crippen LogP contribution in [-0.4, -0.2) is 32.5 Å². The lowest BCUT2D eigenvalue weighted by Crippen LogP contribution is -2.36. The molecule has 3 heterocycles. The molecule has 0 saturated carbocycles. The van der Waals surface area contributed by atoms with Crippen molar-refractivity contribution in [2.24, 2.45) is 0 Å². The van der Waals surface area contributed by atoms with E-state index < -0.39 is 41.0 Å². The Morgan fingerprint density at radius 3 is 2.45 bits per heavy atom. The van der Waals surface area contributed by atoms with Crippen LogP contribution in [0.1, 0.15) is 33.0 Å². The van der Waals surface area contributed by atoms with Crippen LogP contribution in [0.3, 0.4) is 0 Å². The van der Waals surface area contributed by atoms with Crippen LogP contribution < -0.4 is 0 Å². The number of carbonyl (C=O) groups is 1. The highest BCUT2D eigenvalue weighted by Crippen LogP contribution is 2.40. The van der Waals surface area contributed by atoms with Gasteiger partial charge in [0.2, 0.25) is 0 Å². The van der Waals surface area contributed by atoms with Gasteiger partial charge in [-0.25, -0.2) is 4.39 Å². The van der Waals surface area contributed by atoms with Gasteiger partial charge in [-0.3, -0.25) is 9.89 Å². The molecule has 0 unspecified atom stereocenters. The van der Waals surface area contributed by atoms with E-state index in [4.69, 9.17) is 0 Å².